The highest BCUT2D eigenvalue weighted by Crippen LogP contribution is 2.29. The van der Waals surface area contributed by atoms with Crippen LogP contribution in [0.15, 0.2) is 90.1 Å². The second kappa shape index (κ2) is 12.2. The van der Waals surface area contributed by atoms with E-state index in [-0.39, 0.29) is 24.7 Å². The zero-order chi connectivity index (χ0) is 24.5. The molecule has 1 heterocycles. The SMILES string of the molecule is CSc1nc(NCc2ccc(Cl)cc2)c(C(=O)OCc2ccccc2)c(OCc2ccccc2)n1. The van der Waals surface area contributed by atoms with E-state index < -0.39 is 5.97 Å². The average Bonchev–Trinajstić information content (AvgIpc) is 2.91. The van der Waals surface area contributed by atoms with Crippen molar-refractivity contribution in [1.29, 1.82) is 0 Å². The van der Waals surface area contributed by atoms with Crippen molar-refractivity contribution in [3.05, 3.63) is 112 Å². The second-order valence-corrected chi connectivity index (χ2v) is 8.76. The Balaban J connectivity index is 1.63. The minimum Gasteiger partial charge on any atom is -0.472 e. The van der Waals surface area contributed by atoms with Gasteiger partial charge in [0.25, 0.3) is 0 Å². The van der Waals surface area contributed by atoms with E-state index in [4.69, 9.17) is 21.1 Å². The molecule has 8 heteroatoms. The fraction of sp³-hybridized carbons (Fsp3) is 0.148. The number of rotatable bonds is 10. The van der Waals surface area contributed by atoms with Crippen LogP contribution in [0.3, 0.4) is 0 Å². The Labute approximate surface area is 213 Å². The van der Waals surface area contributed by atoms with Crippen LogP contribution in [-0.4, -0.2) is 22.2 Å². The number of nitrogens with zero attached hydrogens (tertiary/aromatic N) is 2. The predicted molar refractivity (Wildman–Crippen MR) is 139 cm³/mol. The zero-order valence-corrected chi connectivity index (χ0v) is 20.7. The van der Waals surface area contributed by atoms with E-state index in [1.54, 1.807) is 0 Å². The first-order valence-corrected chi connectivity index (χ1v) is 12.5. The number of hydrogen-bond acceptors (Lipinski definition) is 7. The number of esters is 1. The van der Waals surface area contributed by atoms with Crippen LogP contribution >= 0.6 is 23.4 Å². The van der Waals surface area contributed by atoms with Gasteiger partial charge < -0.3 is 14.8 Å². The lowest BCUT2D eigenvalue weighted by atomic mass is 10.2. The van der Waals surface area contributed by atoms with Gasteiger partial charge in [0, 0.05) is 11.6 Å². The van der Waals surface area contributed by atoms with Crippen molar-refractivity contribution >= 4 is 35.1 Å². The van der Waals surface area contributed by atoms with Gasteiger partial charge in [-0.1, -0.05) is 96.2 Å². The van der Waals surface area contributed by atoms with Gasteiger partial charge in [0.2, 0.25) is 5.88 Å². The normalized spacial score (nSPS) is 10.6. The molecule has 0 radical (unpaired) electrons. The summed E-state index contributed by atoms with van der Waals surface area (Å²) in [6, 6.07) is 26.6. The molecule has 0 fully saturated rings. The molecule has 0 aliphatic carbocycles. The third-order valence-electron chi connectivity index (χ3n) is 5.05. The van der Waals surface area contributed by atoms with E-state index >= 15 is 0 Å². The molecular formula is C27H24ClN3O3S. The van der Waals surface area contributed by atoms with Crippen LogP contribution < -0.4 is 10.1 Å². The Morgan fingerprint density at radius 3 is 2.11 bits per heavy atom. The molecule has 0 bridgehead atoms. The number of halogens is 1. The summed E-state index contributed by atoms with van der Waals surface area (Å²) in [5, 5.41) is 4.39. The number of aromatic nitrogens is 2. The quantitative estimate of drug-likeness (QED) is 0.152. The largest absolute Gasteiger partial charge is 0.472 e. The number of carbonyl (C=O) groups excluding carboxylic acids is 1. The molecule has 6 nitrogen and oxygen atoms in total. The van der Waals surface area contributed by atoms with Gasteiger partial charge >= 0.3 is 5.97 Å². The standard InChI is InChI=1S/C27H24ClN3O3S/c1-35-27-30-24(29-16-19-12-14-22(28)15-13-19)23(26(32)34-18-21-10-6-3-7-11-21)25(31-27)33-17-20-8-4-2-5-9-20/h2-15H,16-18H2,1H3,(H,29,30,31). The van der Waals surface area contributed by atoms with Crippen LogP contribution in [0.2, 0.25) is 5.02 Å². The Morgan fingerprint density at radius 2 is 1.49 bits per heavy atom. The minimum atomic E-state index is -0.567. The lowest BCUT2D eigenvalue weighted by Crippen LogP contribution is -2.16. The number of anilines is 1. The van der Waals surface area contributed by atoms with Crippen molar-refractivity contribution in [3.8, 4) is 5.88 Å². The Hall–Kier alpha value is -3.55. The van der Waals surface area contributed by atoms with Gasteiger partial charge in [-0.25, -0.2) is 9.78 Å². The molecular weight excluding hydrogens is 482 g/mol. The molecule has 0 unspecified atom stereocenters. The maximum Gasteiger partial charge on any atom is 0.347 e. The molecule has 0 aliphatic rings. The fourth-order valence-electron chi connectivity index (χ4n) is 3.24. The highest BCUT2D eigenvalue weighted by molar-refractivity contribution is 7.98. The van der Waals surface area contributed by atoms with Gasteiger partial charge in [0.1, 0.15) is 19.0 Å². The number of ether oxygens (including phenoxy) is 2. The van der Waals surface area contributed by atoms with Crippen LogP contribution in [0.1, 0.15) is 27.0 Å². The maximum absolute atomic E-state index is 13.3. The van der Waals surface area contributed by atoms with Crippen molar-refractivity contribution in [2.45, 2.75) is 24.9 Å². The third kappa shape index (κ3) is 6.97. The summed E-state index contributed by atoms with van der Waals surface area (Å²) < 4.78 is 11.7. The van der Waals surface area contributed by atoms with Gasteiger partial charge in [-0.2, -0.15) is 4.98 Å². The smallest absolute Gasteiger partial charge is 0.347 e. The van der Waals surface area contributed by atoms with E-state index in [2.05, 4.69) is 15.3 Å². The molecule has 4 aromatic rings. The first kappa shape index (κ1) is 24.6. The summed E-state index contributed by atoms with van der Waals surface area (Å²) in [4.78, 5) is 22.3. The van der Waals surface area contributed by atoms with E-state index in [1.807, 2.05) is 91.2 Å². The van der Waals surface area contributed by atoms with Crippen LogP contribution in [0.4, 0.5) is 5.82 Å². The van der Waals surface area contributed by atoms with Crippen molar-refractivity contribution in [2.24, 2.45) is 0 Å². The van der Waals surface area contributed by atoms with E-state index in [9.17, 15) is 4.79 Å². The highest BCUT2D eigenvalue weighted by atomic mass is 35.5. The molecule has 1 N–H and O–H groups in total. The molecule has 35 heavy (non-hydrogen) atoms. The van der Waals surface area contributed by atoms with Gasteiger partial charge in [0.05, 0.1) is 0 Å². The molecule has 3 aromatic carbocycles. The van der Waals surface area contributed by atoms with Crippen molar-refractivity contribution in [1.82, 2.24) is 9.97 Å². The van der Waals surface area contributed by atoms with E-state index in [0.29, 0.717) is 22.5 Å². The van der Waals surface area contributed by atoms with Crippen LogP contribution in [0.5, 0.6) is 5.88 Å². The Kier molecular flexibility index (Phi) is 8.59. The zero-order valence-electron chi connectivity index (χ0n) is 19.1. The summed E-state index contributed by atoms with van der Waals surface area (Å²) in [5.41, 5.74) is 2.97. The van der Waals surface area contributed by atoms with Crippen LogP contribution in [-0.2, 0) is 24.5 Å². The molecule has 0 saturated carbocycles. The first-order valence-electron chi connectivity index (χ1n) is 10.9. The van der Waals surface area contributed by atoms with Gasteiger partial charge in [-0.05, 0) is 35.1 Å². The Morgan fingerprint density at radius 1 is 0.857 bits per heavy atom. The van der Waals surface area contributed by atoms with Gasteiger partial charge in [-0.3, -0.25) is 0 Å². The number of benzene rings is 3. The first-order chi connectivity index (χ1) is 17.1. The second-order valence-electron chi connectivity index (χ2n) is 7.56. The Bertz CT molecular complexity index is 1260. The summed E-state index contributed by atoms with van der Waals surface area (Å²) in [5.74, 6) is -0.0477. The minimum absolute atomic E-state index is 0.124. The third-order valence-corrected chi connectivity index (χ3v) is 5.85. The number of nitrogens with one attached hydrogen (secondary N) is 1. The lowest BCUT2D eigenvalue weighted by Gasteiger charge is -2.16. The molecule has 178 valence electrons. The number of hydrogen-bond donors (Lipinski definition) is 1. The number of thioether (sulfide) groups is 1. The summed E-state index contributed by atoms with van der Waals surface area (Å²) in [6.07, 6.45) is 1.87. The highest BCUT2D eigenvalue weighted by Gasteiger charge is 2.24. The summed E-state index contributed by atoms with van der Waals surface area (Å²) in [6.45, 7) is 0.805. The van der Waals surface area contributed by atoms with Crippen molar-refractivity contribution in [2.75, 3.05) is 11.6 Å². The molecule has 0 spiro atoms. The number of carbonyl (C=O) groups is 1. The lowest BCUT2D eigenvalue weighted by molar-refractivity contribution is 0.0466. The topological polar surface area (TPSA) is 73.3 Å². The molecule has 0 saturated heterocycles. The van der Waals surface area contributed by atoms with E-state index in [1.165, 1.54) is 11.8 Å². The van der Waals surface area contributed by atoms with Gasteiger partial charge in [0.15, 0.2) is 10.7 Å². The maximum atomic E-state index is 13.3. The monoisotopic (exact) mass is 505 g/mol. The molecule has 0 aliphatic heterocycles. The fourth-order valence-corrected chi connectivity index (χ4v) is 3.72. The van der Waals surface area contributed by atoms with Crippen molar-refractivity contribution < 1.29 is 14.3 Å². The molecule has 0 amide bonds. The molecule has 4 rings (SSSR count). The molecule has 0 atom stereocenters. The summed E-state index contributed by atoms with van der Waals surface area (Å²) in [7, 11) is 0. The predicted octanol–water partition coefficient (Wildman–Crippen LogP) is 6.40. The average molecular weight is 506 g/mol. The van der Waals surface area contributed by atoms with Crippen LogP contribution in [0.25, 0.3) is 0 Å². The van der Waals surface area contributed by atoms with Crippen molar-refractivity contribution in [3.63, 3.8) is 0 Å². The molecule has 1 aromatic heterocycles. The van der Waals surface area contributed by atoms with E-state index in [0.717, 1.165) is 16.7 Å². The van der Waals surface area contributed by atoms with Crippen LogP contribution in [0, 0.1) is 0 Å². The van der Waals surface area contributed by atoms with Gasteiger partial charge in [-0.15, -0.1) is 0 Å². The summed E-state index contributed by atoms with van der Waals surface area (Å²) >= 11 is 7.37.